The molecule has 0 unspecified atom stereocenters. The number of hydrogen-bond donors (Lipinski definition) is 1. The summed E-state index contributed by atoms with van der Waals surface area (Å²) in [6, 6.07) is 20.2. The Hall–Kier alpha value is -3.25. The second-order valence-electron chi connectivity index (χ2n) is 6.34. The highest BCUT2D eigenvalue weighted by atomic mass is 16.5. The van der Waals surface area contributed by atoms with Crippen LogP contribution in [0.4, 0.5) is 0 Å². The van der Waals surface area contributed by atoms with Crippen LogP contribution in [0, 0.1) is 6.92 Å². The molecule has 0 saturated heterocycles. The molecular formula is C21H20N4O2. The van der Waals surface area contributed by atoms with Gasteiger partial charge in [0.15, 0.2) is 0 Å². The molecule has 0 aliphatic rings. The maximum Gasteiger partial charge on any atom is 0.253 e. The molecule has 1 atom stereocenters. The van der Waals surface area contributed by atoms with Crippen LogP contribution in [0.25, 0.3) is 22.7 Å². The Bertz CT molecular complexity index is 1010. The summed E-state index contributed by atoms with van der Waals surface area (Å²) in [5.41, 5.74) is 3.59. The molecule has 0 fully saturated rings. The normalized spacial score (nSPS) is 12.2. The third-order valence-electron chi connectivity index (χ3n) is 4.45. The predicted molar refractivity (Wildman–Crippen MR) is 102 cm³/mol. The molecule has 1 N–H and O–H groups in total. The van der Waals surface area contributed by atoms with Crippen LogP contribution in [0.2, 0.25) is 0 Å². The fourth-order valence-corrected chi connectivity index (χ4v) is 2.94. The molecule has 0 saturated carbocycles. The monoisotopic (exact) mass is 360 g/mol. The number of nitrogens with one attached hydrogen (secondary N) is 1. The SMILES string of the molecule is Cc1onc(-c2ccccc2)c1-c1nnc(CN[C@H](C)c2ccccc2)o1. The number of rotatable bonds is 6. The van der Waals surface area contributed by atoms with Crippen LogP contribution in [0.15, 0.2) is 69.6 Å². The van der Waals surface area contributed by atoms with Crippen molar-refractivity contribution in [2.75, 3.05) is 0 Å². The molecule has 4 rings (SSSR count). The van der Waals surface area contributed by atoms with Crippen molar-refractivity contribution in [1.82, 2.24) is 20.7 Å². The van der Waals surface area contributed by atoms with Gasteiger partial charge in [-0.3, -0.25) is 0 Å². The maximum absolute atomic E-state index is 5.87. The third-order valence-corrected chi connectivity index (χ3v) is 4.45. The zero-order valence-electron chi connectivity index (χ0n) is 15.2. The Morgan fingerprint density at radius 3 is 2.41 bits per heavy atom. The van der Waals surface area contributed by atoms with Crippen molar-refractivity contribution >= 4 is 0 Å². The van der Waals surface area contributed by atoms with Crippen molar-refractivity contribution in [2.45, 2.75) is 26.4 Å². The lowest BCUT2D eigenvalue weighted by Gasteiger charge is -2.12. The Labute approximate surface area is 157 Å². The first kappa shape index (κ1) is 17.2. The summed E-state index contributed by atoms with van der Waals surface area (Å²) in [5, 5.41) is 15.9. The molecule has 0 spiro atoms. The number of aromatic nitrogens is 3. The largest absolute Gasteiger partial charge is 0.419 e. The van der Waals surface area contributed by atoms with Crippen LogP contribution < -0.4 is 5.32 Å². The van der Waals surface area contributed by atoms with Gasteiger partial charge < -0.3 is 14.3 Å². The van der Waals surface area contributed by atoms with Crippen molar-refractivity contribution in [3.8, 4) is 22.7 Å². The molecule has 0 aliphatic heterocycles. The minimum atomic E-state index is 0.179. The molecule has 2 aromatic carbocycles. The maximum atomic E-state index is 5.87. The van der Waals surface area contributed by atoms with Gasteiger partial charge in [-0.15, -0.1) is 10.2 Å². The van der Waals surface area contributed by atoms with Crippen molar-refractivity contribution in [2.24, 2.45) is 0 Å². The molecule has 6 heteroatoms. The number of nitrogens with zero attached hydrogens (tertiary/aromatic N) is 3. The first-order chi connectivity index (χ1) is 13.2. The Morgan fingerprint density at radius 1 is 0.963 bits per heavy atom. The quantitative estimate of drug-likeness (QED) is 0.543. The molecule has 0 aliphatic carbocycles. The van der Waals surface area contributed by atoms with Gasteiger partial charge >= 0.3 is 0 Å². The average Bonchev–Trinajstić information content (AvgIpc) is 3.33. The van der Waals surface area contributed by atoms with Crippen LogP contribution in [0.3, 0.4) is 0 Å². The van der Waals surface area contributed by atoms with E-state index >= 15 is 0 Å². The second kappa shape index (κ2) is 7.55. The van der Waals surface area contributed by atoms with Crippen molar-refractivity contribution in [3.05, 3.63) is 77.9 Å². The summed E-state index contributed by atoms with van der Waals surface area (Å²) in [5.74, 6) is 1.58. The van der Waals surface area contributed by atoms with E-state index in [2.05, 4.69) is 39.7 Å². The molecule has 6 nitrogen and oxygen atoms in total. The minimum Gasteiger partial charge on any atom is -0.419 e. The van der Waals surface area contributed by atoms with E-state index < -0.39 is 0 Å². The third kappa shape index (κ3) is 3.66. The molecule has 4 aromatic rings. The second-order valence-corrected chi connectivity index (χ2v) is 6.34. The topological polar surface area (TPSA) is 77.0 Å². The van der Waals surface area contributed by atoms with Crippen LogP contribution in [-0.2, 0) is 6.54 Å². The smallest absolute Gasteiger partial charge is 0.253 e. The summed E-state index contributed by atoms with van der Waals surface area (Å²) in [6.45, 7) is 4.42. The fraction of sp³-hybridized carbons (Fsp3) is 0.190. The van der Waals surface area contributed by atoms with Crippen LogP contribution >= 0.6 is 0 Å². The van der Waals surface area contributed by atoms with Crippen molar-refractivity contribution in [1.29, 1.82) is 0 Å². The summed E-state index contributed by atoms with van der Waals surface area (Å²) < 4.78 is 11.2. The van der Waals surface area contributed by atoms with Gasteiger partial charge in [0.05, 0.1) is 6.54 Å². The summed E-state index contributed by atoms with van der Waals surface area (Å²) in [6.07, 6.45) is 0. The summed E-state index contributed by atoms with van der Waals surface area (Å²) in [4.78, 5) is 0. The highest BCUT2D eigenvalue weighted by Crippen LogP contribution is 2.33. The number of hydrogen-bond acceptors (Lipinski definition) is 6. The molecular weight excluding hydrogens is 340 g/mol. The van der Waals surface area contributed by atoms with E-state index in [1.807, 2.05) is 55.5 Å². The van der Waals surface area contributed by atoms with Gasteiger partial charge in [-0.1, -0.05) is 65.8 Å². The van der Waals surface area contributed by atoms with Crippen LogP contribution in [-0.4, -0.2) is 15.4 Å². The van der Waals surface area contributed by atoms with Crippen molar-refractivity contribution < 1.29 is 8.94 Å². The van der Waals surface area contributed by atoms with Gasteiger partial charge in [-0.25, -0.2) is 0 Å². The van der Waals surface area contributed by atoms with Gasteiger partial charge in [0.25, 0.3) is 5.89 Å². The fourth-order valence-electron chi connectivity index (χ4n) is 2.94. The minimum absolute atomic E-state index is 0.179. The van der Waals surface area contributed by atoms with E-state index in [0.29, 0.717) is 29.8 Å². The first-order valence-corrected chi connectivity index (χ1v) is 8.85. The van der Waals surface area contributed by atoms with E-state index in [0.717, 1.165) is 11.1 Å². The molecule has 27 heavy (non-hydrogen) atoms. The van der Waals surface area contributed by atoms with Gasteiger partial charge in [0.2, 0.25) is 5.89 Å². The van der Waals surface area contributed by atoms with Crippen molar-refractivity contribution in [3.63, 3.8) is 0 Å². The van der Waals surface area contributed by atoms with Crippen LogP contribution in [0.1, 0.15) is 30.2 Å². The number of aryl methyl sites for hydroxylation is 1. The lowest BCUT2D eigenvalue weighted by Crippen LogP contribution is -2.18. The highest BCUT2D eigenvalue weighted by Gasteiger charge is 2.22. The Balaban J connectivity index is 1.53. The lowest BCUT2D eigenvalue weighted by atomic mass is 10.1. The van der Waals surface area contributed by atoms with E-state index in [1.54, 1.807) is 0 Å². The lowest BCUT2D eigenvalue weighted by molar-refractivity contribution is 0.399. The van der Waals surface area contributed by atoms with E-state index in [9.17, 15) is 0 Å². The summed E-state index contributed by atoms with van der Waals surface area (Å²) in [7, 11) is 0. The first-order valence-electron chi connectivity index (χ1n) is 8.85. The molecule has 2 heterocycles. The van der Waals surface area contributed by atoms with E-state index in [4.69, 9.17) is 8.94 Å². The molecule has 0 bridgehead atoms. The predicted octanol–water partition coefficient (Wildman–Crippen LogP) is 4.55. The molecule has 2 aromatic heterocycles. The molecule has 0 amide bonds. The van der Waals surface area contributed by atoms with Gasteiger partial charge in [-0.05, 0) is 19.4 Å². The van der Waals surface area contributed by atoms with Gasteiger partial charge in [-0.2, -0.15) is 0 Å². The average molecular weight is 360 g/mol. The van der Waals surface area contributed by atoms with E-state index in [-0.39, 0.29) is 6.04 Å². The van der Waals surface area contributed by atoms with Gasteiger partial charge in [0, 0.05) is 11.6 Å². The number of benzene rings is 2. The Kier molecular flexibility index (Phi) is 4.80. The Morgan fingerprint density at radius 2 is 1.67 bits per heavy atom. The molecule has 0 radical (unpaired) electrons. The standard InChI is InChI=1S/C21H20N4O2/c1-14(16-9-5-3-6-10-16)22-13-18-23-24-21(26-18)19-15(2)27-25-20(19)17-11-7-4-8-12-17/h3-12,14,22H,13H2,1-2H3/t14-/m1/s1. The summed E-state index contributed by atoms with van der Waals surface area (Å²) >= 11 is 0. The van der Waals surface area contributed by atoms with Gasteiger partial charge in [0.1, 0.15) is 17.0 Å². The van der Waals surface area contributed by atoms with Crippen LogP contribution in [0.5, 0.6) is 0 Å². The molecule has 136 valence electrons. The zero-order chi connectivity index (χ0) is 18.6. The van der Waals surface area contributed by atoms with E-state index in [1.165, 1.54) is 5.56 Å². The highest BCUT2D eigenvalue weighted by molar-refractivity contribution is 5.77. The zero-order valence-corrected chi connectivity index (χ0v) is 15.2.